The Kier molecular flexibility index (Phi) is 9.22. The molecule has 1 atom stereocenters. The van der Waals surface area contributed by atoms with Crippen molar-refractivity contribution in [2.75, 3.05) is 12.0 Å². The normalized spacial score (nSPS) is 17.7. The van der Waals surface area contributed by atoms with Crippen molar-refractivity contribution in [3.63, 3.8) is 0 Å². The molecule has 7 heteroatoms. The Morgan fingerprint density at radius 1 is 1.35 bits per heavy atom. The minimum Gasteiger partial charge on any atom is -0.480 e. The maximum absolute atomic E-state index is 12.1. The summed E-state index contributed by atoms with van der Waals surface area (Å²) in [6, 6.07) is 1.16. The average molecular weight is 339 g/mol. The lowest BCUT2D eigenvalue weighted by Gasteiger charge is -2.16. The monoisotopic (exact) mass is 339 g/mol. The van der Waals surface area contributed by atoms with Crippen LogP contribution in [-0.2, 0) is 9.59 Å². The van der Waals surface area contributed by atoms with Crippen molar-refractivity contribution in [2.24, 2.45) is 0 Å². The van der Waals surface area contributed by atoms with Crippen LogP contribution >= 0.6 is 11.8 Å². The number of nitrogens with one attached hydrogen (secondary N) is 2. The lowest BCUT2D eigenvalue weighted by molar-refractivity contribution is -0.141. The van der Waals surface area contributed by atoms with Crippen LogP contribution in [0.4, 0.5) is 0 Å². The van der Waals surface area contributed by atoms with Crippen molar-refractivity contribution in [1.82, 2.24) is 10.6 Å². The maximum Gasteiger partial charge on any atom is 0.326 e. The molecule has 0 saturated heterocycles. The maximum atomic E-state index is 12.1. The van der Waals surface area contributed by atoms with Crippen LogP contribution in [-0.4, -0.2) is 41.1 Å². The Morgan fingerprint density at radius 2 is 2.00 bits per heavy atom. The van der Waals surface area contributed by atoms with Crippen LogP contribution < -0.4 is 10.6 Å². The van der Waals surface area contributed by atoms with Gasteiger partial charge in [-0.1, -0.05) is 25.7 Å². The number of carbonyl (C=O) groups is 2. The van der Waals surface area contributed by atoms with E-state index in [9.17, 15) is 9.59 Å². The highest BCUT2D eigenvalue weighted by atomic mass is 32.2. The number of nitrogens with zero attached hydrogens (tertiary/aromatic N) is 1. The Bertz CT molecular complexity index is 466. The summed E-state index contributed by atoms with van der Waals surface area (Å²) >= 11 is 1.51. The van der Waals surface area contributed by atoms with Crippen LogP contribution in [0.2, 0.25) is 0 Å². The van der Waals surface area contributed by atoms with Crippen molar-refractivity contribution in [3.8, 4) is 6.07 Å². The summed E-state index contributed by atoms with van der Waals surface area (Å²) in [4.78, 5) is 23.2. The first-order valence-electron chi connectivity index (χ1n) is 7.97. The topological polar surface area (TPSA) is 102 Å². The molecule has 6 nitrogen and oxygen atoms in total. The number of rotatable bonds is 8. The summed E-state index contributed by atoms with van der Waals surface area (Å²) < 4.78 is 0. The van der Waals surface area contributed by atoms with Gasteiger partial charge in [0.15, 0.2) is 0 Å². The number of amides is 1. The average Bonchev–Trinajstić information content (AvgIpc) is 2.80. The minimum atomic E-state index is -1.08. The largest absolute Gasteiger partial charge is 0.480 e. The van der Waals surface area contributed by atoms with E-state index in [1.807, 2.05) is 12.3 Å². The summed E-state index contributed by atoms with van der Waals surface area (Å²) in [6.45, 7) is 0. The number of carboxylic acid groups (broad SMARTS) is 1. The first kappa shape index (κ1) is 19.4. The van der Waals surface area contributed by atoms with E-state index in [0.717, 1.165) is 25.7 Å². The molecule has 0 aromatic heterocycles. The van der Waals surface area contributed by atoms with Crippen LogP contribution in [0.3, 0.4) is 0 Å². The van der Waals surface area contributed by atoms with Gasteiger partial charge in [-0.15, -0.1) is 0 Å². The molecule has 1 rings (SSSR count). The number of thioether (sulfide) groups is 1. The highest BCUT2D eigenvalue weighted by molar-refractivity contribution is 7.98. The molecule has 0 radical (unpaired) electrons. The molecule has 1 saturated carbocycles. The molecule has 1 amide bonds. The molecular formula is C16H25N3O3S. The van der Waals surface area contributed by atoms with E-state index < -0.39 is 17.9 Å². The Balaban J connectivity index is 2.60. The SMILES string of the molecule is CSCCC(NC(=O)/C(C#N)=C\NC1CCCCCC1)C(=O)O. The van der Waals surface area contributed by atoms with Gasteiger partial charge in [-0.2, -0.15) is 17.0 Å². The highest BCUT2D eigenvalue weighted by Gasteiger charge is 2.21. The second-order valence-corrected chi connectivity index (χ2v) is 6.66. The van der Waals surface area contributed by atoms with Crippen LogP contribution in [0.25, 0.3) is 0 Å². The third-order valence-corrected chi connectivity index (χ3v) is 4.54. The summed E-state index contributed by atoms with van der Waals surface area (Å²) in [7, 11) is 0. The number of aliphatic carboxylic acids is 1. The predicted molar refractivity (Wildman–Crippen MR) is 90.9 cm³/mol. The molecule has 0 aromatic rings. The third-order valence-electron chi connectivity index (χ3n) is 3.90. The molecule has 0 aromatic carbocycles. The zero-order chi connectivity index (χ0) is 17.1. The van der Waals surface area contributed by atoms with Crippen molar-refractivity contribution >= 4 is 23.6 Å². The van der Waals surface area contributed by atoms with E-state index in [4.69, 9.17) is 10.4 Å². The van der Waals surface area contributed by atoms with Gasteiger partial charge < -0.3 is 15.7 Å². The second-order valence-electron chi connectivity index (χ2n) is 5.67. The second kappa shape index (κ2) is 10.9. The first-order valence-corrected chi connectivity index (χ1v) is 9.36. The fraction of sp³-hybridized carbons (Fsp3) is 0.688. The molecule has 128 valence electrons. The van der Waals surface area contributed by atoms with Crippen LogP contribution in [0.15, 0.2) is 11.8 Å². The van der Waals surface area contributed by atoms with Crippen molar-refractivity contribution in [1.29, 1.82) is 5.26 Å². The van der Waals surface area contributed by atoms with Gasteiger partial charge in [-0.25, -0.2) is 4.79 Å². The third kappa shape index (κ3) is 7.42. The Morgan fingerprint density at radius 3 is 2.52 bits per heavy atom. The van der Waals surface area contributed by atoms with Gasteiger partial charge in [0.05, 0.1) is 0 Å². The van der Waals surface area contributed by atoms with Crippen LogP contribution in [0.5, 0.6) is 0 Å². The molecule has 23 heavy (non-hydrogen) atoms. The minimum absolute atomic E-state index is 0.0790. The van der Waals surface area contributed by atoms with Gasteiger partial charge in [0.25, 0.3) is 5.91 Å². The summed E-state index contributed by atoms with van der Waals surface area (Å²) in [6.07, 6.45) is 10.4. The Labute approximate surface area is 141 Å². The van der Waals surface area contributed by atoms with Crippen molar-refractivity contribution in [2.45, 2.75) is 57.0 Å². The fourth-order valence-corrected chi connectivity index (χ4v) is 3.00. The van der Waals surface area contributed by atoms with Crippen LogP contribution in [0, 0.1) is 11.3 Å². The molecule has 1 aliphatic rings. The summed E-state index contributed by atoms with van der Waals surface area (Å²) in [5.41, 5.74) is -0.0790. The van der Waals surface area contributed by atoms with Gasteiger partial charge in [0.2, 0.25) is 0 Å². The zero-order valence-electron chi connectivity index (χ0n) is 13.5. The van der Waals surface area contributed by atoms with Crippen molar-refractivity contribution < 1.29 is 14.7 Å². The molecule has 1 aliphatic carbocycles. The summed E-state index contributed by atoms with van der Waals surface area (Å²) in [5, 5.41) is 23.8. The quantitative estimate of drug-likeness (QED) is 0.355. The van der Waals surface area contributed by atoms with E-state index in [1.165, 1.54) is 30.8 Å². The highest BCUT2D eigenvalue weighted by Crippen LogP contribution is 2.17. The molecule has 0 bridgehead atoms. The van der Waals surface area contributed by atoms with Crippen LogP contribution in [0.1, 0.15) is 44.9 Å². The number of hydrogen-bond acceptors (Lipinski definition) is 5. The molecular weight excluding hydrogens is 314 g/mol. The van der Waals surface area contributed by atoms with E-state index in [-0.39, 0.29) is 11.6 Å². The van der Waals surface area contributed by atoms with E-state index in [1.54, 1.807) is 0 Å². The number of carboxylic acids is 1. The van der Waals surface area contributed by atoms with E-state index in [2.05, 4.69) is 10.6 Å². The fourth-order valence-electron chi connectivity index (χ4n) is 2.52. The predicted octanol–water partition coefficient (Wildman–Crippen LogP) is 2.03. The summed E-state index contributed by atoms with van der Waals surface area (Å²) in [5.74, 6) is -1.09. The lowest BCUT2D eigenvalue weighted by atomic mass is 10.1. The number of nitriles is 1. The van der Waals surface area contributed by atoms with E-state index in [0.29, 0.717) is 12.2 Å². The first-order chi connectivity index (χ1) is 11.1. The van der Waals surface area contributed by atoms with Gasteiger partial charge >= 0.3 is 5.97 Å². The Hall–Kier alpha value is -1.68. The van der Waals surface area contributed by atoms with Gasteiger partial charge in [0, 0.05) is 12.2 Å². The number of carbonyl (C=O) groups excluding carboxylic acids is 1. The smallest absolute Gasteiger partial charge is 0.326 e. The number of hydrogen-bond donors (Lipinski definition) is 3. The molecule has 3 N–H and O–H groups in total. The molecule has 0 spiro atoms. The lowest BCUT2D eigenvalue weighted by Crippen LogP contribution is -2.42. The molecule has 0 heterocycles. The van der Waals surface area contributed by atoms with Crippen molar-refractivity contribution in [3.05, 3.63) is 11.8 Å². The standard InChI is InChI=1S/C16H25N3O3S/c1-23-9-8-14(16(21)22)19-15(20)12(10-17)11-18-13-6-4-2-3-5-7-13/h11,13-14,18H,2-9H2,1H3,(H,19,20)(H,21,22)/b12-11-. The molecule has 0 aliphatic heterocycles. The molecule has 1 fully saturated rings. The van der Waals surface area contributed by atoms with Gasteiger partial charge in [0.1, 0.15) is 17.7 Å². The molecule has 1 unspecified atom stereocenters. The van der Waals surface area contributed by atoms with Gasteiger partial charge in [-0.05, 0) is 31.3 Å². The van der Waals surface area contributed by atoms with Gasteiger partial charge in [-0.3, -0.25) is 4.79 Å². The zero-order valence-corrected chi connectivity index (χ0v) is 14.3. The van der Waals surface area contributed by atoms with E-state index >= 15 is 0 Å².